The molecule has 16 heavy (non-hydrogen) atoms. The van der Waals surface area contributed by atoms with E-state index >= 15 is 0 Å². The quantitative estimate of drug-likeness (QED) is 0.423. The van der Waals surface area contributed by atoms with E-state index in [9.17, 15) is 14.4 Å². The van der Waals surface area contributed by atoms with Crippen molar-refractivity contribution in [3.63, 3.8) is 0 Å². The summed E-state index contributed by atoms with van der Waals surface area (Å²) in [6, 6.07) is 0. The van der Waals surface area contributed by atoms with Gasteiger partial charge in [-0.25, -0.2) is 0 Å². The van der Waals surface area contributed by atoms with Crippen LogP contribution in [0.1, 0.15) is 10.6 Å². The first-order chi connectivity index (χ1) is 7.59. The molecule has 0 bridgehead atoms. The Morgan fingerprint density at radius 1 is 1.25 bits per heavy atom. The van der Waals surface area contributed by atoms with Gasteiger partial charge in [0.1, 0.15) is 6.54 Å². The van der Waals surface area contributed by atoms with Gasteiger partial charge in [-0.2, -0.15) is 5.21 Å². The molecule has 1 aromatic rings. The number of amides is 2. The summed E-state index contributed by atoms with van der Waals surface area (Å²) in [6.45, 7) is -0.864. The van der Waals surface area contributed by atoms with Gasteiger partial charge in [0.2, 0.25) is 5.91 Å². The molecule has 0 saturated carbocycles. The van der Waals surface area contributed by atoms with Crippen molar-refractivity contribution in [3.05, 3.63) is 5.82 Å². The average Bonchev–Trinajstić information content (AvgIpc) is 2.76. The predicted molar refractivity (Wildman–Crippen MR) is 47.2 cm³/mol. The lowest BCUT2D eigenvalue weighted by molar-refractivity contribution is -0.137. The number of carboxylic acids is 1. The molecule has 1 aromatic heterocycles. The van der Waals surface area contributed by atoms with Crippen LogP contribution < -0.4 is 10.6 Å². The molecular formula is C6H8N6O4. The third kappa shape index (κ3) is 3.69. The van der Waals surface area contributed by atoms with Gasteiger partial charge in [-0.05, 0) is 5.21 Å². The summed E-state index contributed by atoms with van der Waals surface area (Å²) in [5.41, 5.74) is 0. The van der Waals surface area contributed by atoms with E-state index in [1.54, 1.807) is 0 Å². The molecule has 0 radical (unpaired) electrons. The molecule has 0 fully saturated rings. The van der Waals surface area contributed by atoms with Crippen LogP contribution in [0.2, 0.25) is 0 Å². The minimum absolute atomic E-state index is 0.203. The lowest BCUT2D eigenvalue weighted by Crippen LogP contribution is -2.39. The van der Waals surface area contributed by atoms with E-state index in [0.29, 0.717) is 0 Å². The Bertz CT molecular complexity index is 388. The van der Waals surface area contributed by atoms with Crippen molar-refractivity contribution < 1.29 is 19.5 Å². The van der Waals surface area contributed by atoms with E-state index in [1.165, 1.54) is 0 Å². The zero-order valence-corrected chi connectivity index (χ0v) is 7.93. The molecule has 0 aliphatic heterocycles. The second kappa shape index (κ2) is 5.38. The average molecular weight is 228 g/mol. The molecule has 1 rings (SSSR count). The molecule has 86 valence electrons. The summed E-state index contributed by atoms with van der Waals surface area (Å²) >= 11 is 0. The number of rotatable bonds is 5. The van der Waals surface area contributed by atoms with E-state index < -0.39 is 24.3 Å². The molecule has 1 heterocycles. The molecule has 0 aromatic carbocycles. The Morgan fingerprint density at radius 2 is 2.00 bits per heavy atom. The number of carbonyl (C=O) groups is 3. The number of nitrogens with one attached hydrogen (secondary N) is 3. The van der Waals surface area contributed by atoms with Crippen LogP contribution in [0, 0.1) is 0 Å². The lowest BCUT2D eigenvalue weighted by atomic mass is 10.5. The highest BCUT2D eigenvalue weighted by Crippen LogP contribution is 1.81. The van der Waals surface area contributed by atoms with E-state index in [1.807, 2.05) is 0 Å². The highest BCUT2D eigenvalue weighted by Gasteiger charge is 2.11. The number of carboxylic acid groups (broad SMARTS) is 1. The Hall–Kier alpha value is -2.52. The van der Waals surface area contributed by atoms with E-state index in [-0.39, 0.29) is 12.4 Å². The van der Waals surface area contributed by atoms with Crippen molar-refractivity contribution in [1.29, 1.82) is 0 Å². The van der Waals surface area contributed by atoms with Crippen LogP contribution in [0.25, 0.3) is 0 Å². The summed E-state index contributed by atoms with van der Waals surface area (Å²) in [5, 5.41) is 24.5. The van der Waals surface area contributed by atoms with Crippen LogP contribution in [0.3, 0.4) is 0 Å². The third-order valence-electron chi connectivity index (χ3n) is 1.39. The number of aromatic nitrogens is 4. The molecule has 0 aliphatic carbocycles. The van der Waals surface area contributed by atoms with Crippen LogP contribution >= 0.6 is 0 Å². The van der Waals surface area contributed by atoms with Crippen molar-refractivity contribution in [2.24, 2.45) is 0 Å². The summed E-state index contributed by atoms with van der Waals surface area (Å²) < 4.78 is 0. The molecule has 10 heteroatoms. The Balaban J connectivity index is 2.27. The Labute approximate surface area is 88.4 Å². The van der Waals surface area contributed by atoms with Crippen LogP contribution in [0.5, 0.6) is 0 Å². The minimum Gasteiger partial charge on any atom is -0.480 e. The van der Waals surface area contributed by atoms with Crippen LogP contribution in [0.15, 0.2) is 0 Å². The molecule has 2 amide bonds. The minimum atomic E-state index is -1.17. The Kier molecular flexibility index (Phi) is 3.89. The van der Waals surface area contributed by atoms with Crippen molar-refractivity contribution in [1.82, 2.24) is 31.3 Å². The number of aromatic amines is 1. The maximum Gasteiger partial charge on any atom is 0.322 e. The number of hydrogen-bond acceptors (Lipinski definition) is 6. The fourth-order valence-corrected chi connectivity index (χ4v) is 0.734. The number of nitrogens with zero attached hydrogens (tertiary/aromatic N) is 3. The number of carbonyl (C=O) groups excluding carboxylic acids is 2. The number of aliphatic carboxylic acids is 1. The molecule has 0 spiro atoms. The number of tetrazole rings is 1. The molecule has 4 N–H and O–H groups in total. The van der Waals surface area contributed by atoms with Gasteiger partial charge in [0.25, 0.3) is 11.7 Å². The van der Waals surface area contributed by atoms with Crippen LogP contribution in [-0.2, 0) is 9.59 Å². The largest absolute Gasteiger partial charge is 0.480 e. The summed E-state index contributed by atoms with van der Waals surface area (Å²) in [4.78, 5) is 32.2. The SMILES string of the molecule is O=C(O)CNC(=O)CNC(=O)c1nn[nH]n1. The topological polar surface area (TPSA) is 150 Å². The summed E-state index contributed by atoms with van der Waals surface area (Å²) in [6.07, 6.45) is 0. The first-order valence-electron chi connectivity index (χ1n) is 4.09. The van der Waals surface area contributed by atoms with Gasteiger partial charge in [0.15, 0.2) is 0 Å². The van der Waals surface area contributed by atoms with E-state index in [4.69, 9.17) is 5.11 Å². The second-order valence-corrected chi connectivity index (χ2v) is 2.59. The standard InChI is InChI=1S/C6H8N6O4/c13-3(7-2-4(14)15)1-8-6(16)5-9-11-12-10-5/h1-2H2,(H,7,13)(H,8,16)(H,14,15)(H,9,10,11,12). The number of H-pyrrole nitrogens is 1. The fraction of sp³-hybridized carbons (Fsp3) is 0.333. The predicted octanol–water partition coefficient (Wildman–Crippen LogP) is -2.87. The first-order valence-corrected chi connectivity index (χ1v) is 4.09. The first kappa shape index (κ1) is 11.6. The van der Waals surface area contributed by atoms with Crippen LogP contribution in [0.4, 0.5) is 0 Å². The third-order valence-corrected chi connectivity index (χ3v) is 1.39. The lowest BCUT2D eigenvalue weighted by Gasteiger charge is -2.02. The van der Waals surface area contributed by atoms with Crippen molar-refractivity contribution in [3.8, 4) is 0 Å². The zero-order chi connectivity index (χ0) is 12.0. The smallest absolute Gasteiger partial charge is 0.322 e. The van der Waals surface area contributed by atoms with Gasteiger partial charge in [0, 0.05) is 0 Å². The molecule has 0 saturated heterocycles. The molecule has 0 atom stereocenters. The van der Waals surface area contributed by atoms with Gasteiger partial charge < -0.3 is 15.7 Å². The van der Waals surface area contributed by atoms with E-state index in [2.05, 4.69) is 31.3 Å². The van der Waals surface area contributed by atoms with Crippen molar-refractivity contribution in [2.45, 2.75) is 0 Å². The molecule has 0 aliphatic rings. The summed E-state index contributed by atoms with van der Waals surface area (Å²) in [5.74, 6) is -2.68. The Morgan fingerprint density at radius 3 is 2.56 bits per heavy atom. The fourth-order valence-electron chi connectivity index (χ4n) is 0.734. The molecule has 0 unspecified atom stereocenters. The second-order valence-electron chi connectivity index (χ2n) is 2.59. The van der Waals surface area contributed by atoms with E-state index in [0.717, 1.165) is 0 Å². The van der Waals surface area contributed by atoms with Gasteiger partial charge >= 0.3 is 5.97 Å². The van der Waals surface area contributed by atoms with Gasteiger partial charge in [-0.1, -0.05) is 0 Å². The van der Waals surface area contributed by atoms with Crippen LogP contribution in [-0.4, -0.2) is 56.6 Å². The highest BCUT2D eigenvalue weighted by atomic mass is 16.4. The normalized spacial score (nSPS) is 9.50. The monoisotopic (exact) mass is 228 g/mol. The maximum atomic E-state index is 11.2. The highest BCUT2D eigenvalue weighted by molar-refractivity contribution is 5.93. The maximum absolute atomic E-state index is 11.2. The van der Waals surface area contributed by atoms with Crippen molar-refractivity contribution >= 4 is 17.8 Å². The van der Waals surface area contributed by atoms with Gasteiger partial charge in [-0.3, -0.25) is 14.4 Å². The van der Waals surface area contributed by atoms with Gasteiger partial charge in [-0.15, -0.1) is 10.2 Å². The summed E-state index contributed by atoms with van der Waals surface area (Å²) in [7, 11) is 0. The number of hydrogen-bond donors (Lipinski definition) is 4. The van der Waals surface area contributed by atoms with Gasteiger partial charge in [0.05, 0.1) is 6.54 Å². The zero-order valence-electron chi connectivity index (χ0n) is 7.93. The molecule has 10 nitrogen and oxygen atoms in total. The molecular weight excluding hydrogens is 220 g/mol. The van der Waals surface area contributed by atoms with Crippen molar-refractivity contribution in [2.75, 3.05) is 13.1 Å².